The molecule has 216 valence electrons. The molecule has 0 aliphatic carbocycles. The van der Waals surface area contributed by atoms with Crippen LogP contribution in [-0.2, 0) is 0 Å². The van der Waals surface area contributed by atoms with E-state index in [9.17, 15) is 0 Å². The maximum absolute atomic E-state index is 2.36. The van der Waals surface area contributed by atoms with E-state index in [0.717, 1.165) is 33.9 Å². The van der Waals surface area contributed by atoms with Crippen LogP contribution >= 0.6 is 0 Å². The molecule has 0 N–H and O–H groups in total. The lowest BCUT2D eigenvalue weighted by atomic mass is 10.1. The first kappa shape index (κ1) is 28.8. The van der Waals surface area contributed by atoms with Crippen LogP contribution in [0.4, 0.5) is 34.1 Å². The second-order valence-corrected chi connectivity index (χ2v) is 11.6. The van der Waals surface area contributed by atoms with Gasteiger partial charge in [-0.05, 0) is 134 Å². The summed E-state index contributed by atoms with van der Waals surface area (Å²) < 4.78 is 0. The van der Waals surface area contributed by atoms with Crippen molar-refractivity contribution < 1.29 is 0 Å². The molecule has 0 amide bonds. The lowest BCUT2D eigenvalue weighted by molar-refractivity contribution is 1.23. The number of rotatable bonds is 8. The fraction of sp³-hybridized carbons (Fsp3) is 0.0952. The first-order valence-corrected chi connectivity index (χ1v) is 15.2. The first-order chi connectivity index (χ1) is 21.4. The molecule has 0 atom stereocenters. The van der Waals surface area contributed by atoms with E-state index in [0.29, 0.717) is 0 Å². The summed E-state index contributed by atoms with van der Waals surface area (Å²) in [5.74, 6) is 0. The van der Waals surface area contributed by atoms with Crippen molar-refractivity contribution in [2.24, 2.45) is 0 Å². The fourth-order valence-corrected chi connectivity index (χ4v) is 5.87. The van der Waals surface area contributed by atoms with Gasteiger partial charge in [0, 0.05) is 34.1 Å². The molecule has 2 heteroatoms. The zero-order valence-corrected chi connectivity index (χ0v) is 25.9. The lowest BCUT2D eigenvalue weighted by Gasteiger charge is -2.27. The number of hydrogen-bond acceptors (Lipinski definition) is 2. The van der Waals surface area contributed by atoms with Gasteiger partial charge in [-0.2, -0.15) is 0 Å². The Morgan fingerprint density at radius 1 is 0.318 bits per heavy atom. The number of aryl methyl sites for hydroxylation is 4. The van der Waals surface area contributed by atoms with Gasteiger partial charge in [-0.15, -0.1) is 0 Å². The predicted octanol–water partition coefficient (Wildman–Crippen LogP) is 12.0. The highest BCUT2D eigenvalue weighted by atomic mass is 15.1. The Morgan fingerprint density at radius 2 is 0.614 bits per heavy atom. The van der Waals surface area contributed by atoms with E-state index in [1.54, 1.807) is 0 Å². The molecule has 2 nitrogen and oxygen atoms in total. The normalized spacial score (nSPS) is 11.1. The highest BCUT2D eigenvalue weighted by Gasteiger charge is 2.14. The zero-order valence-electron chi connectivity index (χ0n) is 25.9. The van der Waals surface area contributed by atoms with Crippen LogP contribution in [0.3, 0.4) is 0 Å². The average Bonchev–Trinajstić information content (AvgIpc) is 3.02. The van der Waals surface area contributed by atoms with Gasteiger partial charge in [0.15, 0.2) is 0 Å². The van der Waals surface area contributed by atoms with Crippen molar-refractivity contribution in [3.05, 3.63) is 179 Å². The zero-order chi connectivity index (χ0) is 30.5. The van der Waals surface area contributed by atoms with E-state index in [1.165, 1.54) is 33.6 Å². The van der Waals surface area contributed by atoms with Crippen LogP contribution in [0, 0.1) is 27.7 Å². The molecule has 0 heterocycles. The lowest BCUT2D eigenvalue weighted by Crippen LogP contribution is -2.11. The summed E-state index contributed by atoms with van der Waals surface area (Å²) in [6.07, 6.45) is 4.36. The van der Waals surface area contributed by atoms with Crippen LogP contribution < -0.4 is 9.80 Å². The topological polar surface area (TPSA) is 6.48 Å². The third-order valence-electron chi connectivity index (χ3n) is 7.73. The molecular formula is C42H38N2. The predicted molar refractivity (Wildman–Crippen MR) is 190 cm³/mol. The highest BCUT2D eigenvalue weighted by molar-refractivity contribution is 5.80. The van der Waals surface area contributed by atoms with Crippen molar-refractivity contribution in [3.63, 3.8) is 0 Å². The van der Waals surface area contributed by atoms with Crippen molar-refractivity contribution in [2.75, 3.05) is 9.80 Å². The van der Waals surface area contributed by atoms with E-state index >= 15 is 0 Å². The van der Waals surface area contributed by atoms with E-state index in [1.807, 2.05) is 0 Å². The Labute approximate surface area is 262 Å². The van der Waals surface area contributed by atoms with Crippen molar-refractivity contribution in [1.29, 1.82) is 0 Å². The highest BCUT2D eigenvalue weighted by Crippen LogP contribution is 2.37. The number of hydrogen-bond donors (Lipinski definition) is 0. The molecule has 0 saturated carbocycles. The van der Waals surface area contributed by atoms with Gasteiger partial charge in [-0.3, -0.25) is 0 Å². The molecule has 0 unspecified atom stereocenters. The summed E-state index contributed by atoms with van der Waals surface area (Å²) >= 11 is 0. The number of anilines is 6. The molecule has 0 bridgehead atoms. The summed E-state index contributed by atoms with van der Waals surface area (Å²) in [7, 11) is 0. The fourth-order valence-electron chi connectivity index (χ4n) is 5.87. The summed E-state index contributed by atoms with van der Waals surface area (Å²) in [5, 5.41) is 0. The van der Waals surface area contributed by atoms with Crippen LogP contribution in [0.5, 0.6) is 0 Å². The molecule has 0 radical (unpaired) electrons. The third-order valence-corrected chi connectivity index (χ3v) is 7.73. The average molecular weight is 571 g/mol. The summed E-state index contributed by atoms with van der Waals surface area (Å²) in [4.78, 5) is 4.64. The third kappa shape index (κ3) is 6.66. The molecule has 0 spiro atoms. The van der Waals surface area contributed by atoms with Crippen molar-refractivity contribution in [1.82, 2.24) is 0 Å². The standard InChI is InChI=1S/C42H38N2/c1-31-25-32(2)28-41(27-31)44(42-29-33(3)26-34(4)30-42)40-23-19-36(20-24-40)16-15-35-17-21-39(22-18-35)43(37-11-7-5-8-12-37)38-13-9-6-10-14-38/h5-30H,1-4H3/b16-15+. The second-order valence-electron chi connectivity index (χ2n) is 11.6. The molecule has 6 aromatic carbocycles. The van der Waals surface area contributed by atoms with Gasteiger partial charge in [0.2, 0.25) is 0 Å². The van der Waals surface area contributed by atoms with Gasteiger partial charge in [0.1, 0.15) is 0 Å². The summed E-state index contributed by atoms with van der Waals surface area (Å²) in [6, 6.07) is 52.1. The van der Waals surface area contributed by atoms with Crippen molar-refractivity contribution in [3.8, 4) is 0 Å². The minimum atomic E-state index is 1.13. The van der Waals surface area contributed by atoms with Crippen LogP contribution in [0.15, 0.2) is 146 Å². The Balaban J connectivity index is 1.26. The van der Waals surface area contributed by atoms with Crippen LogP contribution in [0.25, 0.3) is 12.2 Å². The smallest absolute Gasteiger partial charge is 0.0466 e. The SMILES string of the molecule is Cc1cc(C)cc(N(c2ccc(/C=C/c3ccc(N(c4ccccc4)c4ccccc4)cc3)cc2)c2cc(C)cc(C)c2)c1. The number of para-hydroxylation sites is 2. The van der Waals surface area contributed by atoms with Crippen LogP contribution in [0.2, 0.25) is 0 Å². The Morgan fingerprint density at radius 3 is 0.955 bits per heavy atom. The molecule has 6 rings (SSSR count). The minimum Gasteiger partial charge on any atom is -0.311 e. The van der Waals surface area contributed by atoms with E-state index in [4.69, 9.17) is 0 Å². The largest absolute Gasteiger partial charge is 0.311 e. The molecule has 6 aromatic rings. The van der Waals surface area contributed by atoms with Gasteiger partial charge in [0.05, 0.1) is 0 Å². The summed E-state index contributed by atoms with van der Waals surface area (Å²) in [6.45, 7) is 8.66. The van der Waals surface area contributed by atoms with Gasteiger partial charge in [-0.1, -0.05) is 84.9 Å². The maximum Gasteiger partial charge on any atom is 0.0466 e. The van der Waals surface area contributed by atoms with E-state index in [-0.39, 0.29) is 0 Å². The van der Waals surface area contributed by atoms with Crippen LogP contribution in [0.1, 0.15) is 33.4 Å². The Hall–Kier alpha value is -5.34. The molecule has 0 aromatic heterocycles. The van der Waals surface area contributed by atoms with Gasteiger partial charge >= 0.3 is 0 Å². The van der Waals surface area contributed by atoms with Crippen molar-refractivity contribution >= 4 is 46.3 Å². The monoisotopic (exact) mass is 570 g/mol. The quantitative estimate of drug-likeness (QED) is 0.168. The molecule has 0 aliphatic rings. The van der Waals surface area contributed by atoms with Crippen LogP contribution in [-0.4, -0.2) is 0 Å². The van der Waals surface area contributed by atoms with Gasteiger partial charge in [-0.25, -0.2) is 0 Å². The second kappa shape index (κ2) is 12.9. The van der Waals surface area contributed by atoms with Crippen molar-refractivity contribution in [2.45, 2.75) is 27.7 Å². The maximum atomic E-state index is 2.36. The van der Waals surface area contributed by atoms with E-state index in [2.05, 4.69) is 195 Å². The molecular weight excluding hydrogens is 532 g/mol. The number of nitrogens with zero attached hydrogens (tertiary/aromatic N) is 2. The minimum absolute atomic E-state index is 1.13. The Bertz CT molecular complexity index is 1740. The molecule has 0 fully saturated rings. The molecule has 0 saturated heterocycles. The Kier molecular flexibility index (Phi) is 8.43. The molecule has 44 heavy (non-hydrogen) atoms. The number of benzene rings is 6. The summed E-state index contributed by atoms with van der Waals surface area (Å²) in [5.41, 5.74) is 14.3. The molecule has 0 aliphatic heterocycles. The van der Waals surface area contributed by atoms with Gasteiger partial charge in [0.25, 0.3) is 0 Å². The van der Waals surface area contributed by atoms with E-state index < -0.39 is 0 Å². The van der Waals surface area contributed by atoms with Gasteiger partial charge < -0.3 is 9.80 Å². The first-order valence-electron chi connectivity index (χ1n) is 15.2.